The van der Waals surface area contributed by atoms with E-state index < -0.39 is 0 Å². The number of esters is 1. The molecule has 3 heterocycles. The smallest absolute Gasteiger partial charge is 0.359 e. The molecule has 1 aromatic rings. The van der Waals surface area contributed by atoms with Gasteiger partial charge in [-0.15, -0.1) is 0 Å². The van der Waals surface area contributed by atoms with Crippen LogP contribution in [0.25, 0.3) is 0 Å². The molecule has 1 spiro atoms. The van der Waals surface area contributed by atoms with Gasteiger partial charge in [0.1, 0.15) is 0 Å². The lowest BCUT2D eigenvalue weighted by molar-refractivity contribution is -0.127. The number of anilines is 1. The molecule has 0 atom stereocenters. The van der Waals surface area contributed by atoms with Crippen molar-refractivity contribution in [3.05, 3.63) is 24.0 Å². The van der Waals surface area contributed by atoms with E-state index in [1.54, 1.807) is 13.1 Å². The fraction of sp³-hybridized carbons (Fsp3) is 0.538. The predicted octanol–water partition coefficient (Wildman–Crippen LogP) is 1.09. The van der Waals surface area contributed by atoms with Crippen LogP contribution in [0.5, 0.6) is 0 Å². The second-order valence-electron chi connectivity index (χ2n) is 4.94. The summed E-state index contributed by atoms with van der Waals surface area (Å²) in [6, 6.07) is 3.77. The van der Waals surface area contributed by atoms with E-state index in [1.807, 2.05) is 12.1 Å². The molecular formula is C13H16N2O3. The van der Waals surface area contributed by atoms with Gasteiger partial charge in [0, 0.05) is 19.3 Å². The Morgan fingerprint density at radius 1 is 1.56 bits per heavy atom. The van der Waals surface area contributed by atoms with Crippen molar-refractivity contribution in [2.45, 2.75) is 6.92 Å². The van der Waals surface area contributed by atoms with E-state index in [-0.39, 0.29) is 5.97 Å². The van der Waals surface area contributed by atoms with E-state index >= 15 is 0 Å². The van der Waals surface area contributed by atoms with Gasteiger partial charge in [-0.3, -0.25) is 0 Å². The Labute approximate surface area is 106 Å². The zero-order valence-corrected chi connectivity index (χ0v) is 10.4. The number of carbonyl (C=O) groups is 1. The number of carbonyl (C=O) groups excluding carboxylic acids is 1. The maximum Gasteiger partial charge on any atom is 0.359 e. The molecule has 2 fully saturated rings. The molecule has 2 aliphatic heterocycles. The largest absolute Gasteiger partial charge is 0.461 e. The molecule has 0 aromatic carbocycles. The summed E-state index contributed by atoms with van der Waals surface area (Å²) in [4.78, 5) is 18.1. The van der Waals surface area contributed by atoms with Crippen LogP contribution in [0.15, 0.2) is 18.3 Å². The zero-order chi connectivity index (χ0) is 12.6. The monoisotopic (exact) mass is 248 g/mol. The Balaban J connectivity index is 1.77. The second-order valence-corrected chi connectivity index (χ2v) is 4.94. The van der Waals surface area contributed by atoms with Gasteiger partial charge in [0.2, 0.25) is 0 Å². The minimum Gasteiger partial charge on any atom is -0.461 e. The van der Waals surface area contributed by atoms with Gasteiger partial charge in [0.15, 0.2) is 5.69 Å². The number of hydrogen-bond acceptors (Lipinski definition) is 5. The molecule has 0 N–H and O–H groups in total. The van der Waals surface area contributed by atoms with Gasteiger partial charge in [-0.2, -0.15) is 0 Å². The fourth-order valence-corrected chi connectivity index (χ4v) is 2.52. The lowest BCUT2D eigenvalue weighted by atomic mass is 9.77. The summed E-state index contributed by atoms with van der Waals surface area (Å²) in [6.07, 6.45) is 1.62. The van der Waals surface area contributed by atoms with E-state index in [1.165, 1.54) is 0 Å². The van der Waals surface area contributed by atoms with Gasteiger partial charge in [0.25, 0.3) is 0 Å². The van der Waals surface area contributed by atoms with Crippen LogP contribution in [-0.2, 0) is 9.47 Å². The van der Waals surface area contributed by atoms with Crippen molar-refractivity contribution in [3.63, 3.8) is 0 Å². The molecule has 0 radical (unpaired) electrons. The van der Waals surface area contributed by atoms with Crippen LogP contribution in [0.3, 0.4) is 0 Å². The maximum atomic E-state index is 11.8. The maximum absolute atomic E-state index is 11.8. The van der Waals surface area contributed by atoms with E-state index in [0.717, 1.165) is 32.0 Å². The van der Waals surface area contributed by atoms with Gasteiger partial charge in [0.05, 0.1) is 30.9 Å². The van der Waals surface area contributed by atoms with Crippen LogP contribution in [-0.4, -0.2) is 43.9 Å². The van der Waals surface area contributed by atoms with Gasteiger partial charge < -0.3 is 14.4 Å². The molecule has 5 nitrogen and oxygen atoms in total. The average Bonchev–Trinajstić information content (AvgIpc) is 2.26. The highest BCUT2D eigenvalue weighted by atomic mass is 16.5. The van der Waals surface area contributed by atoms with Crippen molar-refractivity contribution >= 4 is 11.7 Å². The lowest BCUT2D eigenvalue weighted by Gasteiger charge is -2.56. The van der Waals surface area contributed by atoms with Gasteiger partial charge >= 0.3 is 5.97 Å². The molecule has 0 aliphatic carbocycles. The van der Waals surface area contributed by atoms with Crippen LogP contribution >= 0.6 is 0 Å². The number of nitrogens with zero attached hydrogens (tertiary/aromatic N) is 2. The molecule has 0 amide bonds. The van der Waals surface area contributed by atoms with E-state index in [9.17, 15) is 4.79 Å². The van der Waals surface area contributed by atoms with E-state index in [0.29, 0.717) is 17.7 Å². The minimum atomic E-state index is -0.348. The fourth-order valence-electron chi connectivity index (χ4n) is 2.52. The molecule has 5 heteroatoms. The first-order valence-electron chi connectivity index (χ1n) is 6.19. The topological polar surface area (TPSA) is 51.7 Å². The number of ether oxygens (including phenoxy) is 2. The lowest BCUT2D eigenvalue weighted by Crippen LogP contribution is -2.66. The van der Waals surface area contributed by atoms with Crippen molar-refractivity contribution < 1.29 is 14.3 Å². The molecule has 2 saturated heterocycles. The number of aromatic nitrogens is 1. The third-order valence-electron chi connectivity index (χ3n) is 3.46. The highest BCUT2D eigenvalue weighted by molar-refractivity contribution is 5.93. The van der Waals surface area contributed by atoms with Crippen LogP contribution in [0.1, 0.15) is 17.4 Å². The standard InChI is InChI=1S/C13H16N2O3/c1-2-18-12(16)11-10(4-3-5-14-11)15-6-13(7-15)8-17-9-13/h3-5H,2,6-9H2,1H3. The summed E-state index contributed by atoms with van der Waals surface area (Å²) in [5, 5.41) is 0. The highest BCUT2D eigenvalue weighted by Gasteiger charge is 2.49. The van der Waals surface area contributed by atoms with Gasteiger partial charge in [-0.05, 0) is 19.1 Å². The summed E-state index contributed by atoms with van der Waals surface area (Å²) in [5.41, 5.74) is 1.60. The first-order valence-corrected chi connectivity index (χ1v) is 6.19. The van der Waals surface area contributed by atoms with Crippen molar-refractivity contribution in [1.82, 2.24) is 4.98 Å². The highest BCUT2D eigenvalue weighted by Crippen LogP contribution is 2.40. The van der Waals surface area contributed by atoms with Crippen molar-refractivity contribution in [2.75, 3.05) is 37.8 Å². The Hall–Kier alpha value is -1.62. The van der Waals surface area contributed by atoms with E-state index in [4.69, 9.17) is 9.47 Å². The van der Waals surface area contributed by atoms with E-state index in [2.05, 4.69) is 9.88 Å². The Morgan fingerprint density at radius 2 is 2.33 bits per heavy atom. The second kappa shape index (κ2) is 4.24. The average molecular weight is 248 g/mol. The summed E-state index contributed by atoms with van der Waals surface area (Å²) < 4.78 is 10.3. The molecule has 0 saturated carbocycles. The van der Waals surface area contributed by atoms with Crippen molar-refractivity contribution in [3.8, 4) is 0 Å². The summed E-state index contributed by atoms with van der Waals surface area (Å²) in [5.74, 6) is -0.348. The third-order valence-corrected chi connectivity index (χ3v) is 3.46. The van der Waals surface area contributed by atoms with Crippen LogP contribution in [0.2, 0.25) is 0 Å². The summed E-state index contributed by atoms with van der Waals surface area (Å²) in [6.45, 7) is 5.70. The van der Waals surface area contributed by atoms with Gasteiger partial charge in [-0.25, -0.2) is 9.78 Å². The molecule has 0 unspecified atom stereocenters. The molecule has 18 heavy (non-hydrogen) atoms. The Kier molecular flexibility index (Phi) is 2.70. The van der Waals surface area contributed by atoms with Gasteiger partial charge in [-0.1, -0.05) is 0 Å². The first kappa shape index (κ1) is 11.5. The molecule has 0 bridgehead atoms. The van der Waals surface area contributed by atoms with Crippen molar-refractivity contribution in [2.24, 2.45) is 5.41 Å². The molecule has 96 valence electrons. The SMILES string of the molecule is CCOC(=O)c1ncccc1N1CC2(COC2)C1. The number of rotatable bonds is 3. The third kappa shape index (κ3) is 1.75. The normalized spacial score (nSPS) is 20.2. The summed E-state index contributed by atoms with van der Waals surface area (Å²) >= 11 is 0. The zero-order valence-electron chi connectivity index (χ0n) is 10.4. The van der Waals surface area contributed by atoms with Crippen LogP contribution in [0.4, 0.5) is 5.69 Å². The minimum absolute atomic E-state index is 0.321. The molecule has 2 aliphatic rings. The Bertz CT molecular complexity index is 463. The van der Waals surface area contributed by atoms with Crippen LogP contribution < -0.4 is 4.90 Å². The Morgan fingerprint density at radius 3 is 2.94 bits per heavy atom. The molecule has 3 rings (SSSR count). The molecule has 1 aromatic heterocycles. The predicted molar refractivity (Wildman–Crippen MR) is 65.7 cm³/mol. The quantitative estimate of drug-likeness (QED) is 0.750. The first-order chi connectivity index (χ1) is 8.74. The van der Waals surface area contributed by atoms with Crippen LogP contribution in [0, 0.1) is 5.41 Å². The number of pyridine rings is 1. The van der Waals surface area contributed by atoms with Crippen molar-refractivity contribution in [1.29, 1.82) is 0 Å². The summed E-state index contributed by atoms with van der Waals surface area (Å²) in [7, 11) is 0. The molecular weight excluding hydrogens is 232 g/mol. The number of hydrogen-bond donors (Lipinski definition) is 0.